The minimum atomic E-state index is -0.907. The molecule has 0 saturated heterocycles. The van der Waals surface area contributed by atoms with E-state index < -0.39 is 11.6 Å². The summed E-state index contributed by atoms with van der Waals surface area (Å²) in [5.41, 5.74) is 0.805. The molecule has 0 spiro atoms. The van der Waals surface area contributed by atoms with Gasteiger partial charge in [0, 0.05) is 16.6 Å². The molecule has 0 aliphatic heterocycles. The van der Waals surface area contributed by atoms with E-state index in [0.717, 1.165) is 6.07 Å². The lowest BCUT2D eigenvalue weighted by Gasteiger charge is -2.09. The number of nitrogens with one attached hydrogen (secondary N) is 1. The van der Waals surface area contributed by atoms with Crippen LogP contribution in [0.5, 0.6) is 0 Å². The Morgan fingerprint density at radius 3 is 2.61 bits per heavy atom. The van der Waals surface area contributed by atoms with Crippen LogP contribution in [-0.2, 0) is 6.54 Å². The number of benzene rings is 2. The molecule has 18 heavy (non-hydrogen) atoms. The summed E-state index contributed by atoms with van der Waals surface area (Å²) in [5, 5.41) is 3.84. The summed E-state index contributed by atoms with van der Waals surface area (Å²) in [7, 11) is 0. The molecule has 0 bridgehead atoms. The van der Waals surface area contributed by atoms with E-state index in [4.69, 9.17) is 23.2 Å². The first-order chi connectivity index (χ1) is 8.58. The van der Waals surface area contributed by atoms with Gasteiger partial charge in [-0.3, -0.25) is 0 Å². The summed E-state index contributed by atoms with van der Waals surface area (Å²) in [6.45, 7) is 0.264. The molecule has 0 unspecified atom stereocenters. The van der Waals surface area contributed by atoms with Crippen LogP contribution in [0.3, 0.4) is 0 Å². The van der Waals surface area contributed by atoms with Crippen molar-refractivity contribution in [2.45, 2.75) is 6.54 Å². The highest BCUT2D eigenvalue weighted by atomic mass is 35.5. The minimum absolute atomic E-state index is 0.0889. The van der Waals surface area contributed by atoms with Crippen LogP contribution < -0.4 is 5.32 Å². The Hall–Kier alpha value is -1.32. The summed E-state index contributed by atoms with van der Waals surface area (Å²) in [6.07, 6.45) is 0. The van der Waals surface area contributed by atoms with Crippen molar-refractivity contribution in [3.8, 4) is 0 Å². The Kier molecular flexibility index (Phi) is 4.04. The average molecular weight is 288 g/mol. The predicted octanol–water partition coefficient (Wildman–Crippen LogP) is 4.88. The Bertz CT molecular complexity index is 571. The van der Waals surface area contributed by atoms with Gasteiger partial charge in [0.15, 0.2) is 11.6 Å². The van der Waals surface area contributed by atoms with E-state index in [1.807, 2.05) is 0 Å². The smallest absolute Gasteiger partial charge is 0.181 e. The second-order valence-electron chi connectivity index (χ2n) is 3.69. The van der Waals surface area contributed by atoms with Gasteiger partial charge in [0.05, 0.1) is 5.69 Å². The van der Waals surface area contributed by atoms with Gasteiger partial charge in [-0.2, -0.15) is 0 Å². The van der Waals surface area contributed by atoms with Gasteiger partial charge in [0.25, 0.3) is 0 Å². The Morgan fingerprint density at radius 1 is 1.06 bits per heavy atom. The lowest BCUT2D eigenvalue weighted by atomic mass is 10.2. The Balaban J connectivity index is 2.16. The van der Waals surface area contributed by atoms with Crippen LogP contribution in [0.2, 0.25) is 10.0 Å². The second kappa shape index (κ2) is 5.55. The summed E-state index contributed by atoms with van der Waals surface area (Å²) < 4.78 is 26.4. The maximum Gasteiger partial charge on any atom is 0.181 e. The lowest BCUT2D eigenvalue weighted by molar-refractivity contribution is 0.511. The van der Waals surface area contributed by atoms with Crippen LogP contribution in [0.15, 0.2) is 36.4 Å². The van der Waals surface area contributed by atoms with E-state index in [9.17, 15) is 8.78 Å². The fraction of sp³-hybridized carbons (Fsp3) is 0.0769. The molecule has 0 aliphatic carbocycles. The van der Waals surface area contributed by atoms with Crippen molar-refractivity contribution >= 4 is 28.9 Å². The van der Waals surface area contributed by atoms with Crippen LogP contribution in [0.1, 0.15) is 5.56 Å². The number of rotatable bonds is 3. The zero-order valence-electron chi connectivity index (χ0n) is 9.18. The molecule has 94 valence electrons. The molecule has 5 heteroatoms. The topological polar surface area (TPSA) is 12.0 Å². The highest BCUT2D eigenvalue weighted by Crippen LogP contribution is 2.23. The van der Waals surface area contributed by atoms with Crippen LogP contribution in [0.25, 0.3) is 0 Å². The van der Waals surface area contributed by atoms with Crippen molar-refractivity contribution in [3.05, 3.63) is 63.6 Å². The molecule has 0 aromatic heterocycles. The number of anilines is 1. The minimum Gasteiger partial charge on any atom is -0.378 e. The second-order valence-corrected chi connectivity index (χ2v) is 4.53. The van der Waals surface area contributed by atoms with Gasteiger partial charge in [-0.25, -0.2) is 8.78 Å². The Morgan fingerprint density at radius 2 is 1.83 bits per heavy atom. The third-order valence-electron chi connectivity index (χ3n) is 2.43. The van der Waals surface area contributed by atoms with Crippen LogP contribution in [0, 0.1) is 11.6 Å². The van der Waals surface area contributed by atoms with Crippen LogP contribution in [-0.4, -0.2) is 0 Å². The first kappa shape index (κ1) is 13.1. The van der Waals surface area contributed by atoms with Crippen molar-refractivity contribution in [1.29, 1.82) is 0 Å². The highest BCUT2D eigenvalue weighted by Gasteiger charge is 2.08. The van der Waals surface area contributed by atoms with Crippen molar-refractivity contribution in [3.63, 3.8) is 0 Å². The normalized spacial score (nSPS) is 10.4. The molecule has 0 aliphatic rings. The zero-order valence-corrected chi connectivity index (χ0v) is 10.7. The highest BCUT2D eigenvalue weighted by molar-refractivity contribution is 6.33. The van der Waals surface area contributed by atoms with Gasteiger partial charge in [-0.05, 0) is 35.9 Å². The van der Waals surface area contributed by atoms with Gasteiger partial charge in [0.1, 0.15) is 0 Å². The molecule has 0 fully saturated rings. The van der Waals surface area contributed by atoms with Gasteiger partial charge >= 0.3 is 0 Å². The molecule has 1 nitrogen and oxygen atoms in total. The fourth-order valence-corrected chi connectivity index (χ4v) is 1.89. The maximum atomic E-state index is 13.4. The number of halogens is 4. The predicted molar refractivity (Wildman–Crippen MR) is 70.1 cm³/mol. The van der Waals surface area contributed by atoms with E-state index in [-0.39, 0.29) is 12.2 Å². The largest absolute Gasteiger partial charge is 0.378 e. The lowest BCUT2D eigenvalue weighted by Crippen LogP contribution is -2.03. The van der Waals surface area contributed by atoms with Gasteiger partial charge < -0.3 is 5.32 Å². The molecule has 0 atom stereocenters. The SMILES string of the molecule is Fc1cccc(NCc2cc(Cl)ccc2Cl)c1F. The molecule has 2 aromatic carbocycles. The first-order valence-corrected chi connectivity index (χ1v) is 5.95. The van der Waals surface area contributed by atoms with E-state index in [1.165, 1.54) is 12.1 Å². The maximum absolute atomic E-state index is 13.4. The number of hydrogen-bond donors (Lipinski definition) is 1. The summed E-state index contributed by atoms with van der Waals surface area (Å²) in [5.74, 6) is -1.80. The van der Waals surface area contributed by atoms with Gasteiger partial charge in [-0.15, -0.1) is 0 Å². The monoisotopic (exact) mass is 287 g/mol. The van der Waals surface area contributed by atoms with Crippen molar-refractivity contribution in [1.82, 2.24) is 0 Å². The molecule has 0 saturated carbocycles. The standard InChI is InChI=1S/C13H9Cl2F2N/c14-9-4-5-10(15)8(6-9)7-18-12-3-1-2-11(16)13(12)17/h1-6,18H,7H2. The molecular weight excluding hydrogens is 279 g/mol. The molecule has 2 rings (SSSR count). The third kappa shape index (κ3) is 2.92. The van der Waals surface area contributed by atoms with E-state index in [1.54, 1.807) is 18.2 Å². The molecule has 1 N–H and O–H groups in total. The molecular formula is C13H9Cl2F2N. The van der Waals surface area contributed by atoms with Crippen LogP contribution in [0.4, 0.5) is 14.5 Å². The van der Waals surface area contributed by atoms with E-state index in [2.05, 4.69) is 5.32 Å². The molecule has 2 aromatic rings. The van der Waals surface area contributed by atoms with Crippen molar-refractivity contribution in [2.75, 3.05) is 5.32 Å². The number of hydrogen-bond acceptors (Lipinski definition) is 1. The Labute approximate surface area is 113 Å². The van der Waals surface area contributed by atoms with Crippen molar-refractivity contribution in [2.24, 2.45) is 0 Å². The summed E-state index contributed by atoms with van der Waals surface area (Å²) in [4.78, 5) is 0. The zero-order chi connectivity index (χ0) is 13.1. The van der Waals surface area contributed by atoms with Crippen molar-refractivity contribution < 1.29 is 8.78 Å². The fourth-order valence-electron chi connectivity index (χ4n) is 1.51. The third-order valence-corrected chi connectivity index (χ3v) is 3.03. The van der Waals surface area contributed by atoms with Crippen LogP contribution >= 0.6 is 23.2 Å². The summed E-state index contributed by atoms with van der Waals surface area (Å²) >= 11 is 11.8. The van der Waals surface area contributed by atoms with Gasteiger partial charge in [0.2, 0.25) is 0 Å². The molecule has 0 radical (unpaired) electrons. The first-order valence-electron chi connectivity index (χ1n) is 5.20. The van der Waals surface area contributed by atoms with E-state index in [0.29, 0.717) is 15.6 Å². The quantitative estimate of drug-likeness (QED) is 0.848. The average Bonchev–Trinajstić information content (AvgIpc) is 2.35. The van der Waals surface area contributed by atoms with E-state index >= 15 is 0 Å². The molecule has 0 heterocycles. The van der Waals surface area contributed by atoms with Gasteiger partial charge in [-0.1, -0.05) is 29.3 Å². The summed E-state index contributed by atoms with van der Waals surface area (Å²) in [6, 6.07) is 8.94. The molecule has 0 amide bonds.